The Morgan fingerprint density at radius 2 is 1.82 bits per heavy atom. The maximum Gasteiger partial charge on any atom is 0.249 e. The van der Waals surface area contributed by atoms with Crippen molar-refractivity contribution in [3.63, 3.8) is 0 Å². The van der Waals surface area contributed by atoms with Crippen LogP contribution in [-0.4, -0.2) is 54.8 Å². The Kier molecular flexibility index (Phi) is 8.16. The van der Waals surface area contributed by atoms with Gasteiger partial charge in [0.1, 0.15) is 5.75 Å². The Morgan fingerprint density at radius 1 is 1.12 bits per heavy atom. The molecule has 1 aliphatic heterocycles. The predicted molar refractivity (Wildman–Crippen MR) is 133 cm³/mol. The predicted octanol–water partition coefficient (Wildman–Crippen LogP) is 4.54. The van der Waals surface area contributed by atoms with E-state index in [1.54, 1.807) is 7.05 Å². The number of allylic oxidation sites excluding steroid dienone is 2. The number of piperidine rings is 1. The fraction of sp³-hybridized carbons (Fsp3) is 0.519. The van der Waals surface area contributed by atoms with Gasteiger partial charge in [0.2, 0.25) is 11.9 Å². The van der Waals surface area contributed by atoms with Gasteiger partial charge in [0, 0.05) is 38.4 Å². The molecule has 34 heavy (non-hydrogen) atoms. The van der Waals surface area contributed by atoms with Crippen LogP contribution in [0.5, 0.6) is 5.75 Å². The number of ether oxygens (including phenoxy) is 1. The summed E-state index contributed by atoms with van der Waals surface area (Å²) >= 11 is 0. The van der Waals surface area contributed by atoms with Crippen LogP contribution < -0.4 is 9.64 Å². The Bertz CT molecular complexity index is 966. The van der Waals surface area contributed by atoms with Crippen LogP contribution in [0.25, 0.3) is 5.57 Å². The van der Waals surface area contributed by atoms with Crippen LogP contribution in [-0.2, 0) is 16.1 Å². The number of hydroxylamine groups is 2. The first-order valence-electron chi connectivity index (χ1n) is 12.4. The molecule has 2 aromatic rings. The van der Waals surface area contributed by atoms with Gasteiger partial charge in [0.05, 0.1) is 13.7 Å². The van der Waals surface area contributed by atoms with E-state index in [1.165, 1.54) is 28.9 Å². The Labute approximate surface area is 202 Å². The number of aryl methyl sites for hydroxylation is 1. The average Bonchev–Trinajstić information content (AvgIpc) is 2.92. The van der Waals surface area contributed by atoms with Gasteiger partial charge in [-0.2, -0.15) is 0 Å². The molecule has 1 atom stereocenters. The summed E-state index contributed by atoms with van der Waals surface area (Å²) in [6.45, 7) is 4.79. The fourth-order valence-electron chi connectivity index (χ4n) is 4.64. The summed E-state index contributed by atoms with van der Waals surface area (Å²) in [6.07, 6.45) is 11.7. The first kappa shape index (κ1) is 24.2. The van der Waals surface area contributed by atoms with Crippen molar-refractivity contribution >= 4 is 17.4 Å². The monoisotopic (exact) mass is 464 g/mol. The number of anilines is 1. The van der Waals surface area contributed by atoms with Gasteiger partial charge in [0.25, 0.3) is 0 Å². The largest absolute Gasteiger partial charge is 0.493 e. The van der Waals surface area contributed by atoms with Gasteiger partial charge in [0.15, 0.2) is 0 Å². The average molecular weight is 465 g/mol. The van der Waals surface area contributed by atoms with Gasteiger partial charge in [-0.15, -0.1) is 0 Å². The molecule has 4 rings (SSSR count). The first-order chi connectivity index (χ1) is 16.6. The lowest BCUT2D eigenvalue weighted by atomic mass is 9.86. The quantitative estimate of drug-likeness (QED) is 0.535. The van der Waals surface area contributed by atoms with Crippen LogP contribution in [0.3, 0.4) is 0 Å². The van der Waals surface area contributed by atoms with E-state index in [1.807, 2.05) is 12.4 Å². The SMILES string of the molecule is CCc1cnc(N2CCC(COc3ccc(C4=CCC(C(=O)N(C)OC)CC4)cc3)CC2)nc1. The smallest absolute Gasteiger partial charge is 0.249 e. The van der Waals surface area contributed by atoms with Gasteiger partial charge in [-0.05, 0) is 73.3 Å². The summed E-state index contributed by atoms with van der Waals surface area (Å²) in [5.74, 6) is 2.35. The lowest BCUT2D eigenvalue weighted by Gasteiger charge is -2.31. The molecule has 1 aromatic heterocycles. The minimum Gasteiger partial charge on any atom is -0.493 e. The minimum absolute atomic E-state index is 0.00462. The third-order valence-electron chi connectivity index (χ3n) is 7.05. The number of carbonyl (C=O) groups excluding carboxylic acids is 1. The third-order valence-corrected chi connectivity index (χ3v) is 7.05. The van der Waals surface area contributed by atoms with Crippen molar-refractivity contribution in [3.8, 4) is 5.75 Å². The molecule has 182 valence electrons. The highest BCUT2D eigenvalue weighted by Crippen LogP contribution is 2.32. The van der Waals surface area contributed by atoms with E-state index in [9.17, 15) is 4.79 Å². The summed E-state index contributed by atoms with van der Waals surface area (Å²) in [6, 6.07) is 8.38. The third kappa shape index (κ3) is 5.95. The number of rotatable bonds is 8. The molecule has 7 nitrogen and oxygen atoms in total. The minimum atomic E-state index is 0.00462. The van der Waals surface area contributed by atoms with Crippen LogP contribution >= 0.6 is 0 Å². The fourth-order valence-corrected chi connectivity index (χ4v) is 4.64. The molecular formula is C27H36N4O3. The molecule has 2 heterocycles. The van der Waals surface area contributed by atoms with Gasteiger partial charge in [-0.25, -0.2) is 15.0 Å². The molecule has 0 saturated carbocycles. The number of carbonyl (C=O) groups is 1. The van der Waals surface area contributed by atoms with Gasteiger partial charge in [-0.1, -0.05) is 25.1 Å². The normalized spacial score (nSPS) is 19.0. The number of benzene rings is 1. The molecule has 0 spiro atoms. The molecule has 2 aliphatic rings. The van der Waals surface area contributed by atoms with Gasteiger partial charge >= 0.3 is 0 Å². The zero-order chi connectivity index (χ0) is 23.9. The van der Waals surface area contributed by atoms with Crippen LogP contribution in [0.15, 0.2) is 42.7 Å². The van der Waals surface area contributed by atoms with Crippen molar-refractivity contribution < 1.29 is 14.4 Å². The lowest BCUT2D eigenvalue weighted by molar-refractivity contribution is -0.173. The highest BCUT2D eigenvalue weighted by atomic mass is 16.7. The van der Waals surface area contributed by atoms with Crippen molar-refractivity contribution in [3.05, 3.63) is 53.9 Å². The van der Waals surface area contributed by atoms with Gasteiger partial charge in [-0.3, -0.25) is 9.63 Å². The van der Waals surface area contributed by atoms with Gasteiger partial charge < -0.3 is 9.64 Å². The number of amides is 1. The van der Waals surface area contributed by atoms with Crippen molar-refractivity contribution in [2.24, 2.45) is 11.8 Å². The second kappa shape index (κ2) is 11.5. The lowest BCUT2D eigenvalue weighted by Crippen LogP contribution is -2.36. The number of hydrogen-bond acceptors (Lipinski definition) is 6. The molecule has 1 amide bonds. The van der Waals surface area contributed by atoms with E-state index in [0.717, 1.165) is 69.9 Å². The summed E-state index contributed by atoms with van der Waals surface area (Å²) in [4.78, 5) is 28.6. The summed E-state index contributed by atoms with van der Waals surface area (Å²) < 4.78 is 6.11. The molecule has 1 aromatic carbocycles. The molecule has 1 unspecified atom stereocenters. The van der Waals surface area contributed by atoms with Crippen LogP contribution in [0, 0.1) is 11.8 Å². The zero-order valence-corrected chi connectivity index (χ0v) is 20.6. The Hall–Kier alpha value is -2.93. The van der Waals surface area contributed by atoms with Crippen LogP contribution in [0.4, 0.5) is 5.95 Å². The molecule has 7 heteroatoms. The standard InChI is InChI=1S/C27H36N4O3/c1-4-20-17-28-27(29-18-20)31-15-13-21(14-16-31)19-34-25-11-9-23(10-12-25)22-5-7-24(8-6-22)26(32)30(2)33-3/h5,9-12,17-18,21,24H,4,6-8,13-16,19H2,1-3H3. The maximum atomic E-state index is 12.3. The second-order valence-corrected chi connectivity index (χ2v) is 9.23. The second-order valence-electron chi connectivity index (χ2n) is 9.23. The highest BCUT2D eigenvalue weighted by molar-refractivity contribution is 5.79. The van der Waals surface area contributed by atoms with Crippen molar-refractivity contribution in [1.29, 1.82) is 0 Å². The zero-order valence-electron chi connectivity index (χ0n) is 20.6. The topological polar surface area (TPSA) is 67.8 Å². The molecule has 1 fully saturated rings. The number of aromatic nitrogens is 2. The van der Waals surface area contributed by atoms with E-state index in [-0.39, 0.29) is 11.8 Å². The molecule has 1 saturated heterocycles. The van der Waals surface area contributed by atoms with E-state index in [2.05, 4.69) is 52.1 Å². The van der Waals surface area contributed by atoms with Crippen LogP contribution in [0.1, 0.15) is 50.2 Å². The van der Waals surface area contributed by atoms with E-state index in [0.29, 0.717) is 5.92 Å². The Balaban J connectivity index is 1.22. The van der Waals surface area contributed by atoms with E-state index < -0.39 is 0 Å². The van der Waals surface area contributed by atoms with E-state index in [4.69, 9.17) is 9.57 Å². The number of nitrogens with zero attached hydrogens (tertiary/aromatic N) is 4. The van der Waals surface area contributed by atoms with E-state index >= 15 is 0 Å². The van der Waals surface area contributed by atoms with Crippen molar-refractivity contribution in [2.45, 2.75) is 45.4 Å². The maximum absolute atomic E-state index is 12.3. The van der Waals surface area contributed by atoms with Crippen molar-refractivity contribution in [1.82, 2.24) is 15.0 Å². The first-order valence-corrected chi connectivity index (χ1v) is 12.4. The molecular weight excluding hydrogens is 428 g/mol. The molecule has 0 N–H and O–H groups in total. The molecule has 0 radical (unpaired) electrons. The molecule has 0 bridgehead atoms. The summed E-state index contributed by atoms with van der Waals surface area (Å²) in [5, 5.41) is 1.33. The Morgan fingerprint density at radius 3 is 2.41 bits per heavy atom. The van der Waals surface area contributed by atoms with Crippen molar-refractivity contribution in [2.75, 3.05) is 38.8 Å². The number of hydrogen-bond donors (Lipinski definition) is 0. The molecule has 1 aliphatic carbocycles. The highest BCUT2D eigenvalue weighted by Gasteiger charge is 2.25. The summed E-state index contributed by atoms with van der Waals surface area (Å²) in [5.41, 5.74) is 3.69. The van der Waals surface area contributed by atoms with Crippen LogP contribution in [0.2, 0.25) is 0 Å². The summed E-state index contributed by atoms with van der Waals surface area (Å²) in [7, 11) is 3.19.